The molecule has 1 aliphatic heterocycles. The molecule has 1 fully saturated rings. The van der Waals surface area contributed by atoms with E-state index in [2.05, 4.69) is 5.32 Å². The molecule has 0 bridgehead atoms. The van der Waals surface area contributed by atoms with Gasteiger partial charge in [0, 0.05) is 11.6 Å². The van der Waals surface area contributed by atoms with Crippen molar-refractivity contribution in [3.63, 3.8) is 0 Å². The topological polar surface area (TPSA) is 112 Å². The lowest BCUT2D eigenvalue weighted by Crippen LogP contribution is -2.32. The molecule has 6 nitrogen and oxygen atoms in total. The Balaban J connectivity index is 1.70. The Morgan fingerprint density at radius 2 is 1.89 bits per heavy atom. The monoisotopic (exact) mass is 402 g/mol. The molecule has 1 aliphatic rings. The molecule has 3 rings (SSSR count). The highest BCUT2D eigenvalue weighted by Gasteiger charge is 2.49. The molecule has 0 radical (unpaired) electrons. The number of primary amides is 1. The summed E-state index contributed by atoms with van der Waals surface area (Å²) >= 11 is 6.22. The minimum atomic E-state index is -0.530. The zero-order chi connectivity index (χ0) is 20.4. The summed E-state index contributed by atoms with van der Waals surface area (Å²) < 4.78 is 5.58. The van der Waals surface area contributed by atoms with Crippen LogP contribution in [-0.2, 0) is 11.2 Å². The summed E-state index contributed by atoms with van der Waals surface area (Å²) in [5.41, 5.74) is 6.88. The smallest absolute Gasteiger partial charge is 0.222 e. The molecule has 0 aromatic heterocycles. The van der Waals surface area contributed by atoms with Crippen LogP contribution in [0.1, 0.15) is 29.8 Å². The maximum Gasteiger partial charge on any atom is 0.222 e. The minimum absolute atomic E-state index is 0.0234. The van der Waals surface area contributed by atoms with Crippen LogP contribution in [-0.4, -0.2) is 35.0 Å². The van der Waals surface area contributed by atoms with Gasteiger partial charge in [-0.15, -0.1) is 0 Å². The van der Waals surface area contributed by atoms with Gasteiger partial charge in [0.1, 0.15) is 11.5 Å². The van der Waals surface area contributed by atoms with E-state index in [4.69, 9.17) is 22.1 Å². The summed E-state index contributed by atoms with van der Waals surface area (Å²) in [6.45, 7) is 3.79. The summed E-state index contributed by atoms with van der Waals surface area (Å²) in [5, 5.41) is 12.8. The van der Waals surface area contributed by atoms with Crippen LogP contribution in [0.2, 0.25) is 5.02 Å². The van der Waals surface area contributed by atoms with Gasteiger partial charge in [0.2, 0.25) is 5.91 Å². The first-order valence-corrected chi connectivity index (χ1v) is 9.47. The van der Waals surface area contributed by atoms with E-state index in [0.717, 1.165) is 5.56 Å². The molecule has 0 aliphatic carbocycles. The number of halogens is 1. The highest BCUT2D eigenvalue weighted by Crippen LogP contribution is 2.31. The third-order valence-electron chi connectivity index (χ3n) is 4.67. The fourth-order valence-electron chi connectivity index (χ4n) is 3.21. The summed E-state index contributed by atoms with van der Waals surface area (Å²) in [6, 6.07) is 10.7. The van der Waals surface area contributed by atoms with Crippen molar-refractivity contribution in [2.45, 2.75) is 38.5 Å². The van der Waals surface area contributed by atoms with Crippen molar-refractivity contribution in [3.05, 3.63) is 58.6 Å². The van der Waals surface area contributed by atoms with Gasteiger partial charge in [0.25, 0.3) is 0 Å². The lowest BCUT2D eigenvalue weighted by molar-refractivity contribution is -0.121. The molecule has 3 atom stereocenters. The number of phenols is 1. The van der Waals surface area contributed by atoms with Crippen LogP contribution in [0, 0.1) is 5.92 Å². The van der Waals surface area contributed by atoms with E-state index < -0.39 is 17.9 Å². The second-order valence-electron chi connectivity index (χ2n) is 7.23. The molecule has 1 saturated heterocycles. The zero-order valence-electron chi connectivity index (χ0n) is 15.7. The molecule has 148 valence electrons. The Morgan fingerprint density at radius 3 is 2.46 bits per heavy atom. The first-order valence-electron chi connectivity index (χ1n) is 9.10. The second-order valence-corrected chi connectivity index (χ2v) is 7.63. The molecular formula is C21H23ClN2O4. The van der Waals surface area contributed by atoms with Gasteiger partial charge in [-0.05, 0) is 56.2 Å². The number of benzene rings is 2. The number of carbonyl (C=O) groups is 2. The number of ether oxygens (including phenoxy) is 1. The van der Waals surface area contributed by atoms with Crippen molar-refractivity contribution >= 4 is 23.3 Å². The highest BCUT2D eigenvalue weighted by atomic mass is 35.5. The van der Waals surface area contributed by atoms with Crippen LogP contribution >= 0.6 is 11.6 Å². The van der Waals surface area contributed by atoms with Crippen LogP contribution < -0.4 is 15.8 Å². The van der Waals surface area contributed by atoms with Gasteiger partial charge in [0.05, 0.1) is 23.1 Å². The number of amides is 1. The van der Waals surface area contributed by atoms with Gasteiger partial charge in [-0.2, -0.15) is 0 Å². The van der Waals surface area contributed by atoms with Crippen LogP contribution in [0.15, 0.2) is 42.5 Å². The molecule has 0 spiro atoms. The predicted octanol–water partition coefficient (Wildman–Crippen LogP) is 2.70. The van der Waals surface area contributed by atoms with Crippen molar-refractivity contribution in [3.8, 4) is 11.5 Å². The SMILES string of the molecule is CC(C)Oc1ccc(C(=O)C2NC2[C@@H](Cc2ccc(O)cc2)C(N)=O)cc1Cl. The molecule has 1 amide bonds. The molecule has 2 unspecified atom stereocenters. The lowest BCUT2D eigenvalue weighted by atomic mass is 9.92. The number of Topliss-reactive ketones (excluding diaryl/α,β-unsaturated/α-hetero) is 1. The summed E-state index contributed by atoms with van der Waals surface area (Å²) in [4.78, 5) is 24.7. The van der Waals surface area contributed by atoms with E-state index in [1.165, 1.54) is 0 Å². The van der Waals surface area contributed by atoms with Gasteiger partial charge in [0.15, 0.2) is 5.78 Å². The number of nitrogens with two attached hydrogens (primary N) is 1. The number of nitrogens with one attached hydrogen (secondary N) is 1. The molecule has 2 aromatic carbocycles. The predicted molar refractivity (Wildman–Crippen MR) is 107 cm³/mol. The van der Waals surface area contributed by atoms with E-state index in [9.17, 15) is 14.7 Å². The van der Waals surface area contributed by atoms with Crippen molar-refractivity contribution in [2.24, 2.45) is 11.7 Å². The van der Waals surface area contributed by atoms with Gasteiger partial charge in [-0.25, -0.2) is 0 Å². The summed E-state index contributed by atoms with van der Waals surface area (Å²) in [7, 11) is 0. The first-order chi connectivity index (χ1) is 13.3. The maximum atomic E-state index is 12.8. The standard InChI is InChI=1S/C21H23ClN2O4/c1-11(2)28-17-8-5-13(10-16(17)22)20(26)19-18(24-19)15(21(23)27)9-12-3-6-14(25)7-4-12/h3-8,10-11,15,18-19,24-25H,9H2,1-2H3,(H2,23,27)/t15-,18?,19?/m1/s1. The summed E-state index contributed by atoms with van der Waals surface area (Å²) in [6.07, 6.45) is 0.365. The van der Waals surface area contributed by atoms with E-state index in [1.807, 2.05) is 13.8 Å². The number of ketones is 1. The second kappa shape index (κ2) is 8.20. The Kier molecular flexibility index (Phi) is 5.91. The zero-order valence-corrected chi connectivity index (χ0v) is 16.4. The van der Waals surface area contributed by atoms with E-state index in [-0.39, 0.29) is 23.7 Å². The van der Waals surface area contributed by atoms with E-state index >= 15 is 0 Å². The Bertz CT molecular complexity index is 882. The minimum Gasteiger partial charge on any atom is -0.508 e. The first kappa shape index (κ1) is 20.2. The van der Waals surface area contributed by atoms with Crippen molar-refractivity contribution in [1.82, 2.24) is 5.32 Å². The third kappa shape index (κ3) is 4.64. The van der Waals surface area contributed by atoms with Crippen LogP contribution in [0.25, 0.3) is 0 Å². The third-order valence-corrected chi connectivity index (χ3v) is 4.97. The lowest BCUT2D eigenvalue weighted by Gasteiger charge is -2.13. The fraction of sp³-hybridized carbons (Fsp3) is 0.333. The van der Waals surface area contributed by atoms with Gasteiger partial charge < -0.3 is 20.9 Å². The van der Waals surface area contributed by atoms with Crippen LogP contribution in [0.5, 0.6) is 11.5 Å². The van der Waals surface area contributed by atoms with Gasteiger partial charge in [-0.3, -0.25) is 9.59 Å². The molecule has 2 aromatic rings. The number of aromatic hydroxyl groups is 1. The van der Waals surface area contributed by atoms with Gasteiger partial charge in [-0.1, -0.05) is 23.7 Å². The molecule has 28 heavy (non-hydrogen) atoms. The normalized spacial score (nSPS) is 19.3. The average Bonchev–Trinajstić information content (AvgIpc) is 3.42. The van der Waals surface area contributed by atoms with Crippen molar-refractivity contribution in [1.29, 1.82) is 0 Å². The number of phenolic OH excluding ortho intramolecular Hbond substituents is 1. The quantitative estimate of drug-likeness (QED) is 0.464. The van der Waals surface area contributed by atoms with Crippen molar-refractivity contribution < 1.29 is 19.4 Å². The number of carbonyl (C=O) groups excluding carboxylic acids is 2. The fourth-order valence-corrected chi connectivity index (χ4v) is 3.44. The number of hydrogen-bond acceptors (Lipinski definition) is 5. The number of hydrogen-bond donors (Lipinski definition) is 3. The average molecular weight is 403 g/mol. The maximum absolute atomic E-state index is 12.8. The molecule has 4 N–H and O–H groups in total. The van der Waals surface area contributed by atoms with Gasteiger partial charge >= 0.3 is 0 Å². The summed E-state index contributed by atoms with van der Waals surface area (Å²) in [5.74, 6) is -0.466. The van der Waals surface area contributed by atoms with Crippen LogP contribution in [0.3, 0.4) is 0 Å². The molecular weight excluding hydrogens is 380 g/mol. The molecule has 7 heteroatoms. The number of rotatable bonds is 8. The highest BCUT2D eigenvalue weighted by molar-refractivity contribution is 6.32. The van der Waals surface area contributed by atoms with Crippen LogP contribution in [0.4, 0.5) is 0 Å². The Labute approximate surface area is 168 Å². The molecule has 1 heterocycles. The molecule has 0 saturated carbocycles. The largest absolute Gasteiger partial charge is 0.508 e. The Hall–Kier alpha value is -2.57. The van der Waals surface area contributed by atoms with Crippen molar-refractivity contribution in [2.75, 3.05) is 0 Å². The Morgan fingerprint density at radius 1 is 1.21 bits per heavy atom. The van der Waals surface area contributed by atoms with E-state index in [0.29, 0.717) is 22.8 Å². The van der Waals surface area contributed by atoms with E-state index in [1.54, 1.807) is 42.5 Å².